The molecule has 2 aromatic rings. The average Bonchev–Trinajstić information content (AvgIpc) is 2.45. The van der Waals surface area contributed by atoms with Gasteiger partial charge in [-0.05, 0) is 19.1 Å². The molecule has 0 spiro atoms. The quantitative estimate of drug-likeness (QED) is 0.359. The van der Waals surface area contributed by atoms with E-state index in [2.05, 4.69) is 10.3 Å². The Bertz CT molecular complexity index is 905. The molecule has 1 saturated heterocycles. The molecule has 9 nitrogen and oxygen atoms in total. The predicted octanol–water partition coefficient (Wildman–Crippen LogP) is -1.73. The first-order valence-electron chi connectivity index (χ1n) is 6.94. The Hall–Kier alpha value is -2.78. The Balaban J connectivity index is 2.32. The van der Waals surface area contributed by atoms with Crippen molar-refractivity contribution < 1.29 is 9.59 Å². The van der Waals surface area contributed by atoms with Gasteiger partial charge < -0.3 is 17.2 Å². The maximum absolute atomic E-state index is 12.9. The molecule has 0 aliphatic carbocycles. The number of imide groups is 1. The third kappa shape index (κ3) is 2.09. The van der Waals surface area contributed by atoms with Crippen LogP contribution in [0.5, 0.6) is 0 Å². The van der Waals surface area contributed by atoms with Crippen molar-refractivity contribution in [2.24, 2.45) is 11.5 Å². The molecule has 2 amide bonds. The number of carbonyl (C=O) groups is 2. The number of carbonyl (C=O) groups excluding carboxylic acids is 2. The molecule has 2 atom stereocenters. The summed E-state index contributed by atoms with van der Waals surface area (Å²) in [6.45, 7) is 1.55. The first-order valence-corrected chi connectivity index (χ1v) is 6.94. The molecular formula is C14H16N6O3. The number of rotatable bonds is 1. The SMILES string of the molecule is Cc1nc2cccc(N)c2c(=O)n1C1(N)CC(N)C(=O)NC1=O. The minimum Gasteiger partial charge on any atom is -0.398 e. The van der Waals surface area contributed by atoms with Crippen molar-refractivity contribution in [2.75, 3.05) is 5.73 Å². The summed E-state index contributed by atoms with van der Waals surface area (Å²) in [7, 11) is 0. The van der Waals surface area contributed by atoms with Gasteiger partial charge in [0.05, 0.1) is 16.9 Å². The van der Waals surface area contributed by atoms with E-state index >= 15 is 0 Å². The highest BCUT2D eigenvalue weighted by Crippen LogP contribution is 2.23. The maximum atomic E-state index is 12.9. The van der Waals surface area contributed by atoms with Crippen LogP contribution in [0.1, 0.15) is 12.2 Å². The number of amides is 2. The number of fused-ring (bicyclic) bond motifs is 1. The van der Waals surface area contributed by atoms with E-state index in [0.29, 0.717) is 5.52 Å². The fraction of sp³-hybridized carbons (Fsp3) is 0.286. The molecule has 2 heterocycles. The standard InChI is InChI=1S/C14H16N6O3/c1-6-18-9-4-2-3-7(15)10(9)12(22)20(6)14(17)5-8(16)11(21)19-13(14)23/h2-4,8H,5,15-17H2,1H3,(H,19,21,23). The highest BCUT2D eigenvalue weighted by Gasteiger charge is 2.46. The molecule has 1 aliphatic rings. The number of nitrogen functional groups attached to an aromatic ring is 1. The maximum Gasteiger partial charge on any atom is 0.267 e. The first kappa shape index (κ1) is 15.1. The van der Waals surface area contributed by atoms with Gasteiger partial charge in [0.2, 0.25) is 5.91 Å². The molecule has 120 valence electrons. The summed E-state index contributed by atoms with van der Waals surface area (Å²) in [4.78, 5) is 41.0. The molecule has 1 aromatic heterocycles. The number of anilines is 1. The number of nitrogens with one attached hydrogen (secondary N) is 1. The van der Waals surface area contributed by atoms with E-state index in [9.17, 15) is 14.4 Å². The molecule has 1 aromatic carbocycles. The molecule has 3 rings (SSSR count). The molecule has 1 aliphatic heterocycles. The van der Waals surface area contributed by atoms with Gasteiger partial charge in [-0.1, -0.05) is 6.07 Å². The second-order valence-electron chi connectivity index (χ2n) is 5.59. The van der Waals surface area contributed by atoms with Gasteiger partial charge in [0.1, 0.15) is 5.82 Å². The summed E-state index contributed by atoms with van der Waals surface area (Å²) in [6, 6.07) is 3.87. The van der Waals surface area contributed by atoms with Gasteiger partial charge in [0.15, 0.2) is 5.66 Å². The van der Waals surface area contributed by atoms with Gasteiger partial charge >= 0.3 is 0 Å². The van der Waals surface area contributed by atoms with Crippen molar-refractivity contribution in [2.45, 2.75) is 25.0 Å². The van der Waals surface area contributed by atoms with Crippen LogP contribution in [0.25, 0.3) is 10.9 Å². The minimum absolute atomic E-state index is 0.168. The van der Waals surface area contributed by atoms with Gasteiger partial charge in [-0.25, -0.2) is 4.98 Å². The van der Waals surface area contributed by atoms with Gasteiger partial charge in [0.25, 0.3) is 11.5 Å². The molecule has 7 N–H and O–H groups in total. The van der Waals surface area contributed by atoms with Crippen LogP contribution in [-0.2, 0) is 15.3 Å². The van der Waals surface area contributed by atoms with Crippen LogP contribution in [0.15, 0.2) is 23.0 Å². The van der Waals surface area contributed by atoms with E-state index in [4.69, 9.17) is 17.2 Å². The highest BCUT2D eigenvalue weighted by molar-refractivity contribution is 6.04. The van der Waals surface area contributed by atoms with E-state index in [1.54, 1.807) is 25.1 Å². The van der Waals surface area contributed by atoms with Gasteiger partial charge in [-0.2, -0.15) is 0 Å². The monoisotopic (exact) mass is 316 g/mol. The zero-order valence-electron chi connectivity index (χ0n) is 12.4. The summed E-state index contributed by atoms with van der Waals surface area (Å²) >= 11 is 0. The molecule has 23 heavy (non-hydrogen) atoms. The average molecular weight is 316 g/mol. The largest absolute Gasteiger partial charge is 0.398 e. The third-order valence-electron chi connectivity index (χ3n) is 3.99. The molecule has 0 saturated carbocycles. The second kappa shape index (κ2) is 4.86. The van der Waals surface area contributed by atoms with Gasteiger partial charge in [0, 0.05) is 12.1 Å². The third-order valence-corrected chi connectivity index (χ3v) is 3.99. The predicted molar refractivity (Wildman–Crippen MR) is 83.1 cm³/mol. The Morgan fingerprint density at radius 3 is 2.74 bits per heavy atom. The van der Waals surface area contributed by atoms with E-state index in [1.165, 1.54) is 0 Å². The van der Waals surface area contributed by atoms with Crippen LogP contribution in [-0.4, -0.2) is 27.4 Å². The smallest absolute Gasteiger partial charge is 0.267 e. The lowest BCUT2D eigenvalue weighted by atomic mass is 9.94. The van der Waals surface area contributed by atoms with Crippen molar-refractivity contribution in [3.05, 3.63) is 34.4 Å². The van der Waals surface area contributed by atoms with Gasteiger partial charge in [-0.3, -0.25) is 24.3 Å². The molecule has 1 fully saturated rings. The number of nitrogens with zero attached hydrogens (tertiary/aromatic N) is 2. The molecule has 0 radical (unpaired) electrons. The van der Waals surface area contributed by atoms with Crippen molar-refractivity contribution in [3.8, 4) is 0 Å². The van der Waals surface area contributed by atoms with Crippen molar-refractivity contribution >= 4 is 28.4 Å². The molecule has 0 bridgehead atoms. The zero-order valence-corrected chi connectivity index (χ0v) is 12.4. The first-order chi connectivity index (χ1) is 10.8. The summed E-state index contributed by atoms with van der Waals surface area (Å²) in [5, 5.41) is 2.26. The lowest BCUT2D eigenvalue weighted by Crippen LogP contribution is -2.68. The van der Waals surface area contributed by atoms with E-state index in [0.717, 1.165) is 4.57 Å². The number of aromatic nitrogens is 2. The van der Waals surface area contributed by atoms with Crippen molar-refractivity contribution in [1.29, 1.82) is 0 Å². The van der Waals surface area contributed by atoms with Gasteiger partial charge in [-0.15, -0.1) is 0 Å². The second-order valence-corrected chi connectivity index (χ2v) is 5.59. The fourth-order valence-electron chi connectivity index (χ4n) is 2.86. The van der Waals surface area contributed by atoms with Crippen molar-refractivity contribution in [1.82, 2.24) is 14.9 Å². The highest BCUT2D eigenvalue weighted by atomic mass is 16.2. The lowest BCUT2D eigenvalue weighted by molar-refractivity contribution is -0.142. The van der Waals surface area contributed by atoms with E-state index in [-0.39, 0.29) is 23.3 Å². The number of benzene rings is 1. The molecular weight excluding hydrogens is 300 g/mol. The lowest BCUT2D eigenvalue weighted by Gasteiger charge is -2.36. The molecule has 9 heteroatoms. The number of aryl methyl sites for hydroxylation is 1. The van der Waals surface area contributed by atoms with Crippen molar-refractivity contribution in [3.63, 3.8) is 0 Å². The number of hydrogen-bond donors (Lipinski definition) is 4. The Morgan fingerprint density at radius 2 is 2.04 bits per heavy atom. The fourth-order valence-corrected chi connectivity index (χ4v) is 2.86. The van der Waals surface area contributed by atoms with Crippen LogP contribution >= 0.6 is 0 Å². The normalized spacial score (nSPS) is 24.7. The Morgan fingerprint density at radius 1 is 1.35 bits per heavy atom. The van der Waals surface area contributed by atoms with Crippen LogP contribution in [0.3, 0.4) is 0 Å². The van der Waals surface area contributed by atoms with Crippen LogP contribution in [0.2, 0.25) is 0 Å². The Kier molecular flexibility index (Phi) is 3.20. The zero-order chi connectivity index (χ0) is 16.9. The van der Waals surface area contributed by atoms with Crippen LogP contribution < -0.4 is 28.1 Å². The topological polar surface area (TPSA) is 159 Å². The molecule has 2 unspecified atom stereocenters. The van der Waals surface area contributed by atoms with E-state index in [1.807, 2.05) is 0 Å². The van der Waals surface area contributed by atoms with E-state index < -0.39 is 29.1 Å². The Labute approximate surface area is 130 Å². The summed E-state index contributed by atoms with van der Waals surface area (Å²) in [5.74, 6) is -1.20. The summed E-state index contributed by atoms with van der Waals surface area (Å²) < 4.78 is 1.05. The number of piperidine rings is 1. The van der Waals surface area contributed by atoms with Crippen LogP contribution in [0.4, 0.5) is 5.69 Å². The number of nitrogens with two attached hydrogens (primary N) is 3. The van der Waals surface area contributed by atoms with Crippen LogP contribution in [0, 0.1) is 6.92 Å². The minimum atomic E-state index is -1.81. The summed E-state index contributed by atoms with van der Waals surface area (Å²) in [5.41, 5.74) is 16.0. The number of hydrogen-bond acceptors (Lipinski definition) is 7. The summed E-state index contributed by atoms with van der Waals surface area (Å²) in [6.07, 6.45) is -0.210.